The van der Waals surface area contributed by atoms with Gasteiger partial charge in [0.1, 0.15) is 5.82 Å². The summed E-state index contributed by atoms with van der Waals surface area (Å²) in [5.74, 6) is 0.644. The number of aromatic carboxylic acids is 1. The van der Waals surface area contributed by atoms with Crippen molar-refractivity contribution in [2.45, 2.75) is 45.4 Å². The number of pyridine rings is 1. The van der Waals surface area contributed by atoms with Gasteiger partial charge in [-0.05, 0) is 37.3 Å². The Bertz CT molecular complexity index is 468. The first-order valence-corrected chi connectivity index (χ1v) is 7.55. The van der Waals surface area contributed by atoms with Crippen LogP contribution in [0, 0.1) is 5.92 Å². The van der Waals surface area contributed by atoms with Crippen LogP contribution in [0.1, 0.15) is 55.1 Å². The van der Waals surface area contributed by atoms with Crippen molar-refractivity contribution in [3.63, 3.8) is 0 Å². The summed E-state index contributed by atoms with van der Waals surface area (Å²) in [5.41, 5.74) is 1.22. The van der Waals surface area contributed by atoms with Gasteiger partial charge in [0.25, 0.3) is 0 Å². The largest absolute Gasteiger partial charge is 0.478 e. The maximum Gasteiger partial charge on any atom is 0.335 e. The average Bonchev–Trinajstić information content (AvgIpc) is 2.91. The molecule has 0 bridgehead atoms. The van der Waals surface area contributed by atoms with Gasteiger partial charge >= 0.3 is 5.97 Å². The van der Waals surface area contributed by atoms with E-state index in [2.05, 4.69) is 16.8 Å². The number of hydrogen-bond donors (Lipinski definition) is 1. The van der Waals surface area contributed by atoms with Gasteiger partial charge in [-0.15, -0.1) is 0 Å². The second-order valence-electron chi connectivity index (χ2n) is 5.79. The Balaban J connectivity index is 2.17. The third-order valence-electron chi connectivity index (χ3n) is 4.02. The summed E-state index contributed by atoms with van der Waals surface area (Å²) in [4.78, 5) is 18.0. The Morgan fingerprint density at radius 3 is 2.70 bits per heavy atom. The lowest BCUT2D eigenvalue weighted by Crippen LogP contribution is -2.25. The zero-order chi connectivity index (χ0) is 14.5. The second kappa shape index (κ2) is 6.73. The van der Waals surface area contributed by atoms with E-state index in [0.29, 0.717) is 5.56 Å². The monoisotopic (exact) mass is 276 g/mol. The minimum absolute atomic E-state index is 0.344. The molecule has 1 aliphatic rings. The van der Waals surface area contributed by atoms with E-state index in [1.807, 2.05) is 7.05 Å². The molecule has 1 aromatic heterocycles. The molecule has 0 saturated heterocycles. The molecule has 0 atom stereocenters. The first-order chi connectivity index (χ1) is 9.60. The summed E-state index contributed by atoms with van der Waals surface area (Å²) in [6.45, 7) is 3.05. The minimum atomic E-state index is -0.875. The van der Waals surface area contributed by atoms with E-state index in [9.17, 15) is 9.90 Å². The van der Waals surface area contributed by atoms with Crippen LogP contribution in [-0.4, -0.2) is 29.7 Å². The number of carboxylic acid groups (broad SMARTS) is 1. The van der Waals surface area contributed by atoms with E-state index >= 15 is 0 Å². The Morgan fingerprint density at radius 1 is 1.40 bits per heavy atom. The molecule has 4 heteroatoms. The second-order valence-corrected chi connectivity index (χ2v) is 5.79. The molecule has 0 spiro atoms. The average molecular weight is 276 g/mol. The van der Waals surface area contributed by atoms with Crippen molar-refractivity contribution in [1.82, 2.24) is 4.98 Å². The molecule has 1 N–H and O–H groups in total. The third kappa shape index (κ3) is 3.71. The van der Waals surface area contributed by atoms with Crippen LogP contribution in [0.2, 0.25) is 0 Å². The van der Waals surface area contributed by atoms with E-state index in [1.54, 1.807) is 12.1 Å². The highest BCUT2D eigenvalue weighted by molar-refractivity contribution is 5.88. The molecule has 20 heavy (non-hydrogen) atoms. The maximum absolute atomic E-state index is 11.2. The number of hydrogen-bond acceptors (Lipinski definition) is 3. The molecular weight excluding hydrogens is 252 g/mol. The van der Waals surface area contributed by atoms with Crippen LogP contribution < -0.4 is 4.90 Å². The third-order valence-corrected chi connectivity index (χ3v) is 4.02. The van der Waals surface area contributed by atoms with Gasteiger partial charge in [0, 0.05) is 19.3 Å². The van der Waals surface area contributed by atoms with Gasteiger partial charge in [-0.2, -0.15) is 0 Å². The van der Waals surface area contributed by atoms with Gasteiger partial charge in [-0.1, -0.05) is 26.2 Å². The molecule has 110 valence electrons. The Morgan fingerprint density at radius 2 is 2.10 bits per heavy atom. The van der Waals surface area contributed by atoms with Crippen LogP contribution in [0.5, 0.6) is 0 Å². The summed E-state index contributed by atoms with van der Waals surface area (Å²) in [6, 6.07) is 3.38. The number of rotatable bonds is 6. The van der Waals surface area contributed by atoms with E-state index in [-0.39, 0.29) is 0 Å². The van der Waals surface area contributed by atoms with Gasteiger partial charge in [0.2, 0.25) is 0 Å². The number of anilines is 1. The standard InChI is InChI=1S/C16H24N2O2/c1-3-6-14-9-13(16(19)20)10-15(17-14)18(2)11-12-7-4-5-8-12/h9-10,12H,3-8,11H2,1-2H3,(H,19,20). The topological polar surface area (TPSA) is 53.4 Å². The Labute approximate surface area is 120 Å². The molecule has 0 amide bonds. The van der Waals surface area contributed by atoms with Crippen LogP contribution in [0.3, 0.4) is 0 Å². The number of aromatic nitrogens is 1. The normalized spacial score (nSPS) is 15.5. The highest BCUT2D eigenvalue weighted by Gasteiger charge is 2.18. The quantitative estimate of drug-likeness (QED) is 0.865. The fourth-order valence-corrected chi connectivity index (χ4v) is 2.95. The van der Waals surface area contributed by atoms with Crippen molar-refractivity contribution in [1.29, 1.82) is 0 Å². The molecule has 0 aliphatic heterocycles. The summed E-state index contributed by atoms with van der Waals surface area (Å²) < 4.78 is 0. The van der Waals surface area contributed by atoms with E-state index in [1.165, 1.54) is 25.7 Å². The zero-order valence-electron chi connectivity index (χ0n) is 12.4. The SMILES string of the molecule is CCCc1cc(C(=O)O)cc(N(C)CC2CCCC2)n1. The molecule has 0 aromatic carbocycles. The van der Waals surface area contributed by atoms with E-state index in [4.69, 9.17) is 0 Å². The summed E-state index contributed by atoms with van der Waals surface area (Å²) in [6.07, 6.45) is 7.01. The molecule has 4 nitrogen and oxygen atoms in total. The minimum Gasteiger partial charge on any atom is -0.478 e. The van der Waals surface area contributed by atoms with Crippen LogP contribution in [0.4, 0.5) is 5.82 Å². The summed E-state index contributed by atoms with van der Waals surface area (Å²) in [5, 5.41) is 9.22. The van der Waals surface area contributed by atoms with Crippen LogP contribution in [0.25, 0.3) is 0 Å². The highest BCUT2D eigenvalue weighted by Crippen LogP contribution is 2.26. The molecule has 0 unspecified atom stereocenters. The van der Waals surface area contributed by atoms with Gasteiger partial charge in [-0.25, -0.2) is 9.78 Å². The van der Waals surface area contributed by atoms with Crippen LogP contribution >= 0.6 is 0 Å². The lowest BCUT2D eigenvalue weighted by molar-refractivity contribution is 0.0696. The van der Waals surface area contributed by atoms with Gasteiger partial charge in [-0.3, -0.25) is 0 Å². The summed E-state index contributed by atoms with van der Waals surface area (Å²) >= 11 is 0. The van der Waals surface area contributed by atoms with E-state index in [0.717, 1.165) is 36.8 Å². The first-order valence-electron chi connectivity index (χ1n) is 7.55. The predicted molar refractivity (Wildman–Crippen MR) is 80.4 cm³/mol. The van der Waals surface area contributed by atoms with E-state index < -0.39 is 5.97 Å². The fraction of sp³-hybridized carbons (Fsp3) is 0.625. The molecule has 2 rings (SSSR count). The van der Waals surface area contributed by atoms with Crippen molar-refractivity contribution < 1.29 is 9.90 Å². The van der Waals surface area contributed by atoms with Gasteiger partial charge < -0.3 is 10.0 Å². The van der Waals surface area contributed by atoms with Crippen LogP contribution in [-0.2, 0) is 6.42 Å². The van der Waals surface area contributed by atoms with Gasteiger partial charge in [0.05, 0.1) is 5.56 Å². The number of carboxylic acids is 1. The lowest BCUT2D eigenvalue weighted by Gasteiger charge is -2.23. The Hall–Kier alpha value is -1.58. The molecule has 1 aromatic rings. The molecule has 0 radical (unpaired) electrons. The smallest absolute Gasteiger partial charge is 0.335 e. The fourth-order valence-electron chi connectivity index (χ4n) is 2.95. The highest BCUT2D eigenvalue weighted by atomic mass is 16.4. The molecular formula is C16H24N2O2. The predicted octanol–water partition coefficient (Wildman–Crippen LogP) is 3.36. The summed E-state index contributed by atoms with van der Waals surface area (Å²) in [7, 11) is 2.02. The van der Waals surface area contributed by atoms with Crippen molar-refractivity contribution >= 4 is 11.8 Å². The molecule has 1 fully saturated rings. The van der Waals surface area contributed by atoms with Crippen molar-refractivity contribution in [2.24, 2.45) is 5.92 Å². The number of carbonyl (C=O) groups is 1. The maximum atomic E-state index is 11.2. The Kier molecular flexibility index (Phi) is 4.99. The van der Waals surface area contributed by atoms with Crippen molar-refractivity contribution in [3.8, 4) is 0 Å². The van der Waals surface area contributed by atoms with Crippen molar-refractivity contribution in [2.75, 3.05) is 18.5 Å². The first kappa shape index (κ1) is 14.8. The number of nitrogens with zero attached hydrogens (tertiary/aromatic N) is 2. The molecule has 1 heterocycles. The lowest BCUT2D eigenvalue weighted by atomic mass is 10.1. The molecule has 1 saturated carbocycles. The van der Waals surface area contributed by atoms with Crippen LogP contribution in [0.15, 0.2) is 12.1 Å². The number of aryl methyl sites for hydroxylation is 1. The molecule has 1 aliphatic carbocycles. The van der Waals surface area contributed by atoms with Gasteiger partial charge in [0.15, 0.2) is 0 Å². The van der Waals surface area contributed by atoms with Crippen molar-refractivity contribution in [3.05, 3.63) is 23.4 Å². The zero-order valence-corrected chi connectivity index (χ0v) is 12.4.